The monoisotopic (exact) mass is 382 g/mol. The van der Waals surface area contributed by atoms with E-state index in [1.54, 1.807) is 36.4 Å². The number of halogens is 3. The Morgan fingerprint density at radius 3 is 2.32 bits per heavy atom. The molecule has 0 unspecified atom stereocenters. The maximum atomic E-state index is 13.6. The van der Waals surface area contributed by atoms with Gasteiger partial charge in [-0.05, 0) is 23.8 Å². The molecule has 2 aromatic rings. The third-order valence-corrected chi connectivity index (χ3v) is 4.16. The standard InChI is InChI=1S/C18H17Cl2FN2O2/c1-12(24)23(18-14(19)6-4-7-15(18)20)10-9-22-17(25)11-13-5-2-3-8-16(13)21/h2-8H,9-11H2,1H3,(H,22,25). The molecule has 0 bridgehead atoms. The van der Waals surface area contributed by atoms with Crippen molar-refractivity contribution in [3.8, 4) is 0 Å². The van der Waals surface area contributed by atoms with Crippen LogP contribution in [-0.2, 0) is 16.0 Å². The number of hydrogen-bond acceptors (Lipinski definition) is 2. The average molecular weight is 383 g/mol. The molecule has 2 aromatic carbocycles. The summed E-state index contributed by atoms with van der Waals surface area (Å²) in [5.41, 5.74) is 0.722. The Labute approximate surface area is 155 Å². The second-order valence-corrected chi connectivity index (χ2v) is 6.17. The van der Waals surface area contributed by atoms with Crippen molar-refractivity contribution < 1.29 is 14.0 Å². The normalized spacial score (nSPS) is 10.4. The fraction of sp³-hybridized carbons (Fsp3) is 0.222. The van der Waals surface area contributed by atoms with Gasteiger partial charge < -0.3 is 10.2 Å². The molecule has 0 fully saturated rings. The first-order chi connectivity index (χ1) is 11.9. The molecular weight excluding hydrogens is 366 g/mol. The van der Waals surface area contributed by atoms with Gasteiger partial charge in [0.25, 0.3) is 0 Å². The molecule has 1 N–H and O–H groups in total. The van der Waals surface area contributed by atoms with E-state index < -0.39 is 5.82 Å². The van der Waals surface area contributed by atoms with Gasteiger partial charge in [-0.3, -0.25) is 9.59 Å². The van der Waals surface area contributed by atoms with Crippen LogP contribution in [0.3, 0.4) is 0 Å². The van der Waals surface area contributed by atoms with Gasteiger partial charge in [-0.25, -0.2) is 4.39 Å². The number of carbonyl (C=O) groups is 2. The van der Waals surface area contributed by atoms with E-state index in [-0.39, 0.29) is 31.3 Å². The second kappa shape index (κ2) is 8.83. The summed E-state index contributed by atoms with van der Waals surface area (Å²) in [6.45, 7) is 1.77. The van der Waals surface area contributed by atoms with Crippen LogP contribution in [0.1, 0.15) is 12.5 Å². The molecule has 0 aliphatic heterocycles. The smallest absolute Gasteiger partial charge is 0.224 e. The Hall–Kier alpha value is -2.11. The van der Waals surface area contributed by atoms with Crippen molar-refractivity contribution in [2.75, 3.05) is 18.0 Å². The maximum Gasteiger partial charge on any atom is 0.224 e. The highest BCUT2D eigenvalue weighted by Gasteiger charge is 2.18. The fourth-order valence-corrected chi connectivity index (χ4v) is 2.96. The summed E-state index contributed by atoms with van der Waals surface area (Å²) in [6, 6.07) is 11.0. The number of nitrogens with one attached hydrogen (secondary N) is 1. The number of hydrogen-bond donors (Lipinski definition) is 1. The van der Waals surface area contributed by atoms with Crippen molar-refractivity contribution in [2.24, 2.45) is 0 Å². The van der Waals surface area contributed by atoms with Gasteiger partial charge in [-0.2, -0.15) is 0 Å². The van der Waals surface area contributed by atoms with Gasteiger partial charge in [0.1, 0.15) is 5.82 Å². The van der Waals surface area contributed by atoms with Gasteiger partial charge >= 0.3 is 0 Å². The Bertz CT molecular complexity index is 763. The SMILES string of the molecule is CC(=O)N(CCNC(=O)Cc1ccccc1F)c1c(Cl)cccc1Cl. The molecule has 0 aliphatic rings. The van der Waals surface area contributed by atoms with Gasteiger partial charge in [-0.15, -0.1) is 0 Å². The number of nitrogens with zero attached hydrogens (tertiary/aromatic N) is 1. The van der Waals surface area contributed by atoms with Crippen LogP contribution in [0.15, 0.2) is 42.5 Å². The summed E-state index contributed by atoms with van der Waals surface area (Å²) in [7, 11) is 0. The van der Waals surface area contributed by atoms with Crippen molar-refractivity contribution in [2.45, 2.75) is 13.3 Å². The largest absolute Gasteiger partial charge is 0.354 e. The molecule has 2 rings (SSSR count). The highest BCUT2D eigenvalue weighted by atomic mass is 35.5. The van der Waals surface area contributed by atoms with Crippen LogP contribution >= 0.6 is 23.2 Å². The summed E-state index contributed by atoms with van der Waals surface area (Å²) in [4.78, 5) is 25.3. The first kappa shape index (κ1) is 19.2. The first-order valence-electron chi connectivity index (χ1n) is 7.62. The van der Waals surface area contributed by atoms with Crippen LogP contribution in [0, 0.1) is 5.82 Å². The zero-order valence-corrected chi connectivity index (χ0v) is 15.1. The molecule has 7 heteroatoms. The zero-order valence-electron chi connectivity index (χ0n) is 13.6. The van der Waals surface area contributed by atoms with Crippen LogP contribution < -0.4 is 10.2 Å². The summed E-state index contributed by atoms with van der Waals surface area (Å²) in [5.74, 6) is -1.01. The van der Waals surface area contributed by atoms with Crippen LogP contribution in [0.5, 0.6) is 0 Å². The van der Waals surface area contributed by atoms with E-state index in [2.05, 4.69) is 5.32 Å². The van der Waals surface area contributed by atoms with Gasteiger partial charge in [0.15, 0.2) is 0 Å². The molecule has 0 heterocycles. The topological polar surface area (TPSA) is 49.4 Å². The highest BCUT2D eigenvalue weighted by Crippen LogP contribution is 2.33. The Morgan fingerprint density at radius 2 is 1.72 bits per heavy atom. The average Bonchev–Trinajstić information content (AvgIpc) is 2.55. The summed E-state index contributed by atoms with van der Waals surface area (Å²) >= 11 is 12.3. The molecule has 0 aromatic heterocycles. The van der Waals surface area contributed by atoms with E-state index in [4.69, 9.17) is 23.2 Å². The molecule has 0 aliphatic carbocycles. The lowest BCUT2D eigenvalue weighted by Gasteiger charge is -2.23. The second-order valence-electron chi connectivity index (χ2n) is 5.36. The quantitative estimate of drug-likeness (QED) is 0.824. The lowest BCUT2D eigenvalue weighted by molar-refractivity contribution is -0.121. The van der Waals surface area contributed by atoms with Crippen molar-refractivity contribution >= 4 is 40.7 Å². The Morgan fingerprint density at radius 1 is 1.08 bits per heavy atom. The predicted octanol–water partition coefficient (Wildman–Crippen LogP) is 3.84. The van der Waals surface area contributed by atoms with Gasteiger partial charge in [0.2, 0.25) is 11.8 Å². The third kappa shape index (κ3) is 5.18. The molecule has 2 amide bonds. The molecule has 0 saturated carbocycles. The summed E-state index contributed by atoms with van der Waals surface area (Å²) < 4.78 is 13.6. The van der Waals surface area contributed by atoms with Crippen molar-refractivity contribution in [1.82, 2.24) is 5.32 Å². The van der Waals surface area contributed by atoms with Gasteiger partial charge in [0.05, 0.1) is 22.2 Å². The summed E-state index contributed by atoms with van der Waals surface area (Å²) in [6.07, 6.45) is -0.0698. The van der Waals surface area contributed by atoms with Crippen LogP contribution in [-0.4, -0.2) is 24.9 Å². The van der Waals surface area contributed by atoms with Gasteiger partial charge in [-0.1, -0.05) is 47.5 Å². The van der Waals surface area contributed by atoms with E-state index >= 15 is 0 Å². The molecule has 0 atom stereocenters. The minimum atomic E-state index is -0.425. The lowest BCUT2D eigenvalue weighted by atomic mass is 10.1. The molecule has 0 spiro atoms. The highest BCUT2D eigenvalue weighted by molar-refractivity contribution is 6.39. The number of rotatable bonds is 6. The van der Waals surface area contributed by atoms with E-state index in [1.807, 2.05) is 0 Å². The number of benzene rings is 2. The van der Waals surface area contributed by atoms with E-state index in [9.17, 15) is 14.0 Å². The zero-order chi connectivity index (χ0) is 18.4. The number of carbonyl (C=O) groups excluding carboxylic acids is 2. The Balaban J connectivity index is 1.97. The van der Waals surface area contributed by atoms with E-state index in [0.29, 0.717) is 21.3 Å². The van der Waals surface area contributed by atoms with Crippen molar-refractivity contribution in [1.29, 1.82) is 0 Å². The first-order valence-corrected chi connectivity index (χ1v) is 8.38. The van der Waals surface area contributed by atoms with Crippen molar-refractivity contribution in [3.63, 3.8) is 0 Å². The number of amides is 2. The molecule has 25 heavy (non-hydrogen) atoms. The molecule has 132 valence electrons. The van der Waals surface area contributed by atoms with Gasteiger partial charge in [0, 0.05) is 20.0 Å². The number of para-hydroxylation sites is 1. The van der Waals surface area contributed by atoms with Crippen LogP contribution in [0.25, 0.3) is 0 Å². The minimum absolute atomic E-state index is 0.0698. The van der Waals surface area contributed by atoms with E-state index in [0.717, 1.165) is 0 Å². The molecule has 0 radical (unpaired) electrons. The van der Waals surface area contributed by atoms with Crippen LogP contribution in [0.4, 0.5) is 10.1 Å². The fourth-order valence-electron chi connectivity index (χ4n) is 2.36. The number of anilines is 1. The third-order valence-electron chi connectivity index (χ3n) is 3.55. The Kier molecular flexibility index (Phi) is 6.79. The lowest BCUT2D eigenvalue weighted by Crippen LogP contribution is -2.38. The molecule has 0 saturated heterocycles. The molecule has 4 nitrogen and oxygen atoms in total. The maximum absolute atomic E-state index is 13.6. The van der Waals surface area contributed by atoms with Crippen molar-refractivity contribution in [3.05, 3.63) is 63.9 Å². The van der Waals surface area contributed by atoms with Crippen LogP contribution in [0.2, 0.25) is 10.0 Å². The molecular formula is C18H17Cl2FN2O2. The minimum Gasteiger partial charge on any atom is -0.354 e. The summed E-state index contributed by atoms with van der Waals surface area (Å²) in [5, 5.41) is 3.36. The van der Waals surface area contributed by atoms with E-state index in [1.165, 1.54) is 17.9 Å². The predicted molar refractivity (Wildman–Crippen MR) is 97.6 cm³/mol.